The van der Waals surface area contributed by atoms with Gasteiger partial charge in [-0.15, -0.1) is 0 Å². The monoisotopic (exact) mass is 328 g/mol. The minimum Gasteiger partial charge on any atom is -0.336 e. The summed E-state index contributed by atoms with van der Waals surface area (Å²) in [5.74, 6) is 0.563. The van der Waals surface area contributed by atoms with Crippen LogP contribution in [-0.4, -0.2) is 36.4 Å². The van der Waals surface area contributed by atoms with E-state index in [4.69, 9.17) is 11.6 Å². The van der Waals surface area contributed by atoms with Gasteiger partial charge in [0.25, 0.3) is 10.2 Å². The fourth-order valence-electron chi connectivity index (χ4n) is 1.87. The summed E-state index contributed by atoms with van der Waals surface area (Å²) in [6.07, 6.45) is 3.37. The predicted molar refractivity (Wildman–Crippen MR) is 82.2 cm³/mol. The van der Waals surface area contributed by atoms with Crippen LogP contribution in [0.2, 0.25) is 5.02 Å². The Kier molecular flexibility index (Phi) is 4.67. The first-order chi connectivity index (χ1) is 9.83. The van der Waals surface area contributed by atoms with Gasteiger partial charge in [0, 0.05) is 38.6 Å². The van der Waals surface area contributed by atoms with Crippen LogP contribution in [0.3, 0.4) is 0 Å². The molecule has 0 radical (unpaired) electrons. The van der Waals surface area contributed by atoms with Crippen molar-refractivity contribution in [2.75, 3.05) is 14.1 Å². The van der Waals surface area contributed by atoms with Gasteiger partial charge >= 0.3 is 0 Å². The van der Waals surface area contributed by atoms with Gasteiger partial charge in [-0.05, 0) is 11.6 Å². The number of nitrogens with one attached hydrogen (secondary N) is 1. The Morgan fingerprint density at radius 1 is 1.33 bits per heavy atom. The van der Waals surface area contributed by atoms with Crippen molar-refractivity contribution in [2.24, 2.45) is 7.05 Å². The lowest BCUT2D eigenvalue weighted by Gasteiger charge is -2.22. The van der Waals surface area contributed by atoms with Crippen molar-refractivity contribution >= 4 is 21.8 Å². The summed E-state index contributed by atoms with van der Waals surface area (Å²) in [4.78, 5) is 4.24. The average molecular weight is 329 g/mol. The van der Waals surface area contributed by atoms with Crippen LogP contribution in [0.5, 0.6) is 0 Å². The van der Waals surface area contributed by atoms with Gasteiger partial charge < -0.3 is 4.57 Å². The zero-order valence-electron chi connectivity index (χ0n) is 12.0. The second-order valence-corrected chi connectivity index (χ2v) is 7.08. The lowest BCUT2D eigenvalue weighted by molar-refractivity contribution is 0.493. The van der Waals surface area contributed by atoms with E-state index in [1.807, 2.05) is 0 Å². The van der Waals surface area contributed by atoms with E-state index in [2.05, 4.69) is 9.71 Å². The number of imidazole rings is 1. The third-order valence-electron chi connectivity index (χ3n) is 3.08. The molecular formula is C13H17ClN4O2S. The van der Waals surface area contributed by atoms with Crippen molar-refractivity contribution in [2.45, 2.75) is 6.04 Å². The highest BCUT2D eigenvalue weighted by molar-refractivity contribution is 7.87. The molecule has 1 unspecified atom stereocenters. The quantitative estimate of drug-likeness (QED) is 0.905. The van der Waals surface area contributed by atoms with Crippen molar-refractivity contribution < 1.29 is 8.42 Å². The zero-order chi connectivity index (χ0) is 15.6. The molecule has 0 aliphatic heterocycles. The normalized spacial score (nSPS) is 13.6. The Morgan fingerprint density at radius 2 is 2.00 bits per heavy atom. The first kappa shape index (κ1) is 16.0. The minimum atomic E-state index is -3.63. The molecule has 2 rings (SSSR count). The third kappa shape index (κ3) is 3.44. The maximum absolute atomic E-state index is 12.2. The van der Waals surface area contributed by atoms with Crippen LogP contribution in [0.25, 0.3) is 0 Å². The van der Waals surface area contributed by atoms with Crippen LogP contribution in [-0.2, 0) is 17.3 Å². The highest BCUT2D eigenvalue weighted by Gasteiger charge is 2.27. The second kappa shape index (κ2) is 6.15. The molecule has 1 N–H and O–H groups in total. The molecule has 1 aromatic heterocycles. The first-order valence-electron chi connectivity index (χ1n) is 6.24. The van der Waals surface area contributed by atoms with E-state index in [0.717, 1.165) is 4.31 Å². The number of hydrogen-bond donors (Lipinski definition) is 1. The van der Waals surface area contributed by atoms with E-state index in [1.54, 1.807) is 48.3 Å². The average Bonchev–Trinajstić information content (AvgIpc) is 2.83. The molecule has 114 valence electrons. The number of halogens is 1. The van der Waals surface area contributed by atoms with E-state index < -0.39 is 16.3 Å². The van der Waals surface area contributed by atoms with Crippen LogP contribution in [0, 0.1) is 0 Å². The van der Waals surface area contributed by atoms with Crippen molar-refractivity contribution in [1.29, 1.82) is 0 Å². The Bertz CT molecular complexity index is 727. The fraction of sp³-hybridized carbons (Fsp3) is 0.308. The standard InChI is InChI=1S/C13H17ClN4O2S/c1-17(2)21(19,20)16-12(13-15-8-9-18(13)3)10-6-4-5-7-11(10)14/h4-9,12,16H,1-3H3. The van der Waals surface area contributed by atoms with Crippen molar-refractivity contribution in [1.82, 2.24) is 18.6 Å². The molecule has 1 aromatic carbocycles. The molecule has 21 heavy (non-hydrogen) atoms. The van der Waals surface area contributed by atoms with Gasteiger partial charge in [0.15, 0.2) is 0 Å². The number of benzene rings is 1. The highest BCUT2D eigenvalue weighted by atomic mass is 35.5. The van der Waals surface area contributed by atoms with Gasteiger partial charge in [-0.2, -0.15) is 17.4 Å². The largest absolute Gasteiger partial charge is 0.336 e. The zero-order valence-corrected chi connectivity index (χ0v) is 13.6. The Labute approximate surface area is 129 Å². The molecule has 2 aromatic rings. The molecule has 0 spiro atoms. The highest BCUT2D eigenvalue weighted by Crippen LogP contribution is 2.27. The van der Waals surface area contributed by atoms with E-state index in [1.165, 1.54) is 14.1 Å². The van der Waals surface area contributed by atoms with Crippen LogP contribution in [0.15, 0.2) is 36.7 Å². The Hall–Kier alpha value is -1.41. The number of aryl methyl sites for hydroxylation is 1. The summed E-state index contributed by atoms with van der Waals surface area (Å²) in [5, 5.41) is 0.479. The van der Waals surface area contributed by atoms with Crippen LogP contribution in [0.1, 0.15) is 17.4 Å². The number of hydrogen-bond acceptors (Lipinski definition) is 3. The van der Waals surface area contributed by atoms with Crippen molar-refractivity contribution in [3.63, 3.8) is 0 Å². The fourth-order valence-corrected chi connectivity index (χ4v) is 2.86. The summed E-state index contributed by atoms with van der Waals surface area (Å²) in [6.45, 7) is 0. The SMILES string of the molecule is CN(C)S(=O)(=O)NC(c1ccccc1Cl)c1nccn1C. The summed E-state index contributed by atoms with van der Waals surface area (Å²) in [6, 6.07) is 6.44. The van der Waals surface area contributed by atoms with Gasteiger partial charge in [0.05, 0.1) is 0 Å². The van der Waals surface area contributed by atoms with Crippen LogP contribution >= 0.6 is 11.6 Å². The molecule has 0 aliphatic carbocycles. The van der Waals surface area contributed by atoms with Crippen LogP contribution in [0.4, 0.5) is 0 Å². The van der Waals surface area contributed by atoms with Gasteiger partial charge in [-0.1, -0.05) is 29.8 Å². The first-order valence-corrected chi connectivity index (χ1v) is 8.06. The Morgan fingerprint density at radius 3 is 2.52 bits per heavy atom. The molecule has 0 bridgehead atoms. The number of rotatable bonds is 5. The van der Waals surface area contributed by atoms with Crippen molar-refractivity contribution in [3.8, 4) is 0 Å². The minimum absolute atomic E-state index is 0.479. The summed E-state index contributed by atoms with van der Waals surface area (Å²) in [5.41, 5.74) is 0.652. The van der Waals surface area contributed by atoms with Gasteiger partial charge in [-0.3, -0.25) is 0 Å². The Balaban J connectivity index is 2.52. The lowest BCUT2D eigenvalue weighted by Crippen LogP contribution is -2.39. The molecule has 0 saturated carbocycles. The maximum Gasteiger partial charge on any atom is 0.279 e. The molecular weight excluding hydrogens is 312 g/mol. The van der Waals surface area contributed by atoms with Gasteiger partial charge in [-0.25, -0.2) is 4.98 Å². The molecule has 1 atom stereocenters. The van der Waals surface area contributed by atoms with Crippen LogP contribution < -0.4 is 4.72 Å². The third-order valence-corrected chi connectivity index (χ3v) is 4.92. The maximum atomic E-state index is 12.2. The number of nitrogens with zero attached hydrogens (tertiary/aromatic N) is 3. The topological polar surface area (TPSA) is 67.2 Å². The van der Waals surface area contributed by atoms with E-state index in [0.29, 0.717) is 16.4 Å². The van der Waals surface area contributed by atoms with E-state index in [-0.39, 0.29) is 0 Å². The molecule has 1 heterocycles. The number of aromatic nitrogens is 2. The molecule has 0 amide bonds. The summed E-state index contributed by atoms with van der Waals surface area (Å²) < 4.78 is 29.8. The second-order valence-electron chi connectivity index (χ2n) is 4.76. The van der Waals surface area contributed by atoms with E-state index in [9.17, 15) is 8.42 Å². The summed E-state index contributed by atoms with van der Waals surface area (Å²) in [7, 11) is 1.09. The molecule has 8 heteroatoms. The lowest BCUT2D eigenvalue weighted by atomic mass is 10.1. The van der Waals surface area contributed by atoms with E-state index >= 15 is 0 Å². The van der Waals surface area contributed by atoms with Gasteiger partial charge in [0.2, 0.25) is 0 Å². The summed E-state index contributed by atoms with van der Waals surface area (Å²) >= 11 is 6.21. The molecule has 0 saturated heterocycles. The molecule has 6 nitrogen and oxygen atoms in total. The molecule has 0 fully saturated rings. The predicted octanol–water partition coefficient (Wildman–Crippen LogP) is 1.56. The van der Waals surface area contributed by atoms with Crippen molar-refractivity contribution in [3.05, 3.63) is 53.1 Å². The molecule has 0 aliphatic rings. The smallest absolute Gasteiger partial charge is 0.279 e. The van der Waals surface area contributed by atoms with Gasteiger partial charge in [0.1, 0.15) is 11.9 Å².